The van der Waals surface area contributed by atoms with E-state index in [-0.39, 0.29) is 0 Å². The van der Waals surface area contributed by atoms with Gasteiger partial charge in [0.25, 0.3) is 0 Å². The number of hydrogen-bond acceptors (Lipinski definition) is 1. The van der Waals surface area contributed by atoms with Crippen LogP contribution in [0.15, 0.2) is 60.7 Å². The van der Waals surface area contributed by atoms with Crippen molar-refractivity contribution >= 4 is 4.57 Å². The molecule has 0 N–H and O–H groups in total. The third-order valence-electron chi connectivity index (χ3n) is 2.70. The van der Waals surface area contributed by atoms with Crippen LogP contribution in [0.25, 0.3) is 0 Å². The predicted octanol–water partition coefficient (Wildman–Crippen LogP) is 3.56. The van der Waals surface area contributed by atoms with E-state index in [4.69, 9.17) is 4.74 Å². The molecule has 0 saturated carbocycles. The molecule has 2 heteroatoms. The molecular weight excluding hydrogens is 284 g/mol. The summed E-state index contributed by atoms with van der Waals surface area (Å²) in [6, 6.07) is 20.1. The Bertz CT molecular complexity index is 594. The summed E-state index contributed by atoms with van der Waals surface area (Å²) in [7, 11) is 0. The zero-order valence-electron chi connectivity index (χ0n) is 11.2. The Morgan fingerprint density at radius 1 is 0.950 bits per heavy atom. The fraction of sp³-hybridized carbons (Fsp3) is 0.167. The number of ether oxygens (including phenoxy) is 1. The van der Waals surface area contributed by atoms with Crippen molar-refractivity contribution in [3.8, 4) is 11.8 Å². The van der Waals surface area contributed by atoms with Gasteiger partial charge in [-0.1, -0.05) is 0 Å². The van der Waals surface area contributed by atoms with Crippen molar-refractivity contribution in [1.82, 2.24) is 0 Å². The summed E-state index contributed by atoms with van der Waals surface area (Å²) in [4.78, 5) is 0. The van der Waals surface area contributed by atoms with Gasteiger partial charge in [0, 0.05) is 0 Å². The van der Waals surface area contributed by atoms with Crippen LogP contribution in [-0.2, 0) is 20.6 Å². The summed E-state index contributed by atoms with van der Waals surface area (Å²) in [5.41, 5.74) is 2.15. The van der Waals surface area contributed by atoms with Gasteiger partial charge >= 0.3 is 128 Å². The van der Waals surface area contributed by atoms with E-state index in [2.05, 4.69) is 27.7 Å². The molecule has 0 atom stereocenters. The Morgan fingerprint density at radius 3 is 2.30 bits per heavy atom. The van der Waals surface area contributed by atoms with Crippen LogP contribution in [0.3, 0.4) is 0 Å². The molecule has 0 aromatic heterocycles. The van der Waals surface area contributed by atoms with E-state index in [1.54, 1.807) is 0 Å². The van der Waals surface area contributed by atoms with Gasteiger partial charge < -0.3 is 0 Å². The average molecular weight is 300 g/mol. The fourth-order valence-electron chi connectivity index (χ4n) is 1.67. The molecule has 0 aliphatic carbocycles. The predicted molar refractivity (Wildman–Crippen MR) is 79.1 cm³/mol. The van der Waals surface area contributed by atoms with Gasteiger partial charge in [-0.05, 0) is 0 Å². The molecule has 2 aromatic rings. The van der Waals surface area contributed by atoms with Crippen LogP contribution in [0, 0.1) is 11.8 Å². The van der Waals surface area contributed by atoms with Crippen LogP contribution in [-0.4, -0.2) is 11.2 Å². The molecule has 0 aliphatic heterocycles. The Morgan fingerprint density at radius 2 is 1.60 bits per heavy atom. The number of unbranched alkanes of at least 4 members (excludes halogenated alkanes) is 1. The Hall–Kier alpha value is -1.64. The van der Waals surface area contributed by atoms with Gasteiger partial charge in [-0.25, -0.2) is 0 Å². The Balaban J connectivity index is 1.68. The molecule has 2 rings (SSSR count). The number of rotatable bonds is 5. The molecule has 0 unspecified atom stereocenters. The minimum absolute atomic E-state index is 0.681. The van der Waals surface area contributed by atoms with Crippen LogP contribution in [0.5, 0.6) is 0 Å². The summed E-state index contributed by atoms with van der Waals surface area (Å²) in [6.07, 6.45) is 1.77. The first kappa shape index (κ1) is 14.8. The van der Waals surface area contributed by atoms with Crippen molar-refractivity contribution in [2.45, 2.75) is 12.8 Å². The molecule has 20 heavy (non-hydrogen) atoms. The molecule has 0 amide bonds. The molecule has 0 saturated heterocycles. The van der Waals surface area contributed by atoms with Gasteiger partial charge in [0.2, 0.25) is 0 Å². The van der Waals surface area contributed by atoms with Crippen LogP contribution in [0.4, 0.5) is 0 Å². The Kier molecular flexibility index (Phi) is 6.29. The molecule has 100 valence electrons. The zero-order chi connectivity index (χ0) is 14.0. The molecule has 2 aromatic carbocycles. The molecule has 0 spiro atoms. The SMILES string of the molecule is [Cr]=[C](OCCCC#Cc1ccccc1)c1ccccc1. The molecule has 1 nitrogen and oxygen atoms in total. The van der Waals surface area contributed by atoms with E-state index >= 15 is 0 Å². The maximum atomic E-state index is 5.67. The van der Waals surface area contributed by atoms with E-state index in [9.17, 15) is 0 Å². The zero-order valence-corrected chi connectivity index (χ0v) is 12.5. The van der Waals surface area contributed by atoms with Crippen molar-refractivity contribution in [1.29, 1.82) is 0 Å². The first-order valence-corrected chi connectivity index (χ1v) is 7.26. The van der Waals surface area contributed by atoms with Gasteiger partial charge in [0.05, 0.1) is 0 Å². The van der Waals surface area contributed by atoms with Crippen molar-refractivity contribution in [2.75, 3.05) is 6.61 Å². The monoisotopic (exact) mass is 300 g/mol. The second-order valence-electron chi connectivity index (χ2n) is 4.27. The second kappa shape index (κ2) is 8.52. The van der Waals surface area contributed by atoms with E-state index in [0.29, 0.717) is 6.61 Å². The first-order valence-electron chi connectivity index (χ1n) is 6.62. The topological polar surface area (TPSA) is 9.23 Å². The van der Waals surface area contributed by atoms with Crippen LogP contribution < -0.4 is 0 Å². The van der Waals surface area contributed by atoms with Gasteiger partial charge in [-0.3, -0.25) is 0 Å². The third kappa shape index (κ3) is 5.16. The normalized spacial score (nSPS) is 9.60. The van der Waals surface area contributed by atoms with E-state index < -0.39 is 0 Å². The van der Waals surface area contributed by atoms with Gasteiger partial charge in [-0.15, -0.1) is 0 Å². The number of benzene rings is 2. The second-order valence-corrected chi connectivity index (χ2v) is 4.85. The minimum atomic E-state index is 0.681. The summed E-state index contributed by atoms with van der Waals surface area (Å²) in [5, 5.41) is 0. The first-order chi connectivity index (χ1) is 9.86. The van der Waals surface area contributed by atoms with E-state index in [1.807, 2.05) is 60.7 Å². The molecule has 0 radical (unpaired) electrons. The van der Waals surface area contributed by atoms with Crippen LogP contribution >= 0.6 is 0 Å². The number of hydrogen-bond donors (Lipinski definition) is 0. The quantitative estimate of drug-likeness (QED) is 0.606. The molecular formula is C18H16CrO. The fourth-order valence-corrected chi connectivity index (χ4v) is 2.01. The van der Waals surface area contributed by atoms with Gasteiger partial charge in [0.1, 0.15) is 0 Å². The summed E-state index contributed by atoms with van der Waals surface area (Å²) >= 11 is 2.97. The van der Waals surface area contributed by atoms with Crippen molar-refractivity contribution in [3.05, 3.63) is 71.8 Å². The van der Waals surface area contributed by atoms with Crippen molar-refractivity contribution < 1.29 is 20.6 Å². The van der Waals surface area contributed by atoms with Gasteiger partial charge in [-0.2, -0.15) is 0 Å². The summed E-state index contributed by atoms with van der Waals surface area (Å²) in [5.74, 6) is 6.31. The standard InChI is InChI=1S/C18H16O.Cr/c1-4-10-17(11-5-1)12-8-3-9-15-19-16-18-13-6-2-7-14-18;/h1-2,4-7,10-11,13-14H,3,9,15H2;. The summed E-state index contributed by atoms with van der Waals surface area (Å²) < 4.78 is 6.52. The Labute approximate surface area is 128 Å². The third-order valence-corrected chi connectivity index (χ3v) is 3.25. The summed E-state index contributed by atoms with van der Waals surface area (Å²) in [6.45, 7) is 0.681. The van der Waals surface area contributed by atoms with Crippen LogP contribution in [0.1, 0.15) is 24.0 Å². The van der Waals surface area contributed by atoms with Crippen LogP contribution in [0.2, 0.25) is 0 Å². The molecule has 0 fully saturated rings. The van der Waals surface area contributed by atoms with E-state index in [1.165, 1.54) is 0 Å². The van der Waals surface area contributed by atoms with Gasteiger partial charge in [0.15, 0.2) is 0 Å². The van der Waals surface area contributed by atoms with E-state index in [0.717, 1.165) is 28.5 Å². The average Bonchev–Trinajstić information content (AvgIpc) is 2.52. The molecule has 0 aliphatic rings. The maximum absolute atomic E-state index is 5.67. The van der Waals surface area contributed by atoms with Crippen molar-refractivity contribution in [2.24, 2.45) is 0 Å². The molecule has 0 heterocycles. The molecule has 0 bridgehead atoms. The van der Waals surface area contributed by atoms with Crippen molar-refractivity contribution in [3.63, 3.8) is 0 Å².